The van der Waals surface area contributed by atoms with Gasteiger partial charge in [-0.3, -0.25) is 0 Å². The van der Waals surface area contributed by atoms with Crippen LogP contribution < -0.4 is 4.90 Å². The number of fused-ring (bicyclic) bond motifs is 7. The fourth-order valence-corrected chi connectivity index (χ4v) is 9.38. The van der Waals surface area contributed by atoms with Gasteiger partial charge in [0.05, 0.1) is 28.1 Å². The van der Waals surface area contributed by atoms with Crippen molar-refractivity contribution in [3.63, 3.8) is 0 Å². The normalized spacial score (nSPS) is 11.6. The number of anilines is 3. The Kier molecular flexibility index (Phi) is 8.17. The zero-order valence-corrected chi connectivity index (χ0v) is 33.2. The maximum atomic E-state index is 6.28. The lowest BCUT2D eigenvalue weighted by Gasteiger charge is -2.30. The molecule has 3 nitrogen and oxygen atoms in total. The summed E-state index contributed by atoms with van der Waals surface area (Å²) in [6, 6.07) is 83.1. The average Bonchev–Trinajstić information content (AvgIpc) is 3.87. The van der Waals surface area contributed by atoms with Crippen molar-refractivity contribution in [1.29, 1.82) is 0 Å². The van der Waals surface area contributed by atoms with Crippen LogP contribution in [0.3, 0.4) is 0 Å². The number of para-hydroxylation sites is 6. The molecule has 0 radical (unpaired) electrons. The molecule has 0 aliphatic carbocycles. The maximum Gasteiger partial charge on any atom is 0.135 e. The second-order valence-electron chi connectivity index (χ2n) is 15.7. The first-order chi connectivity index (χ1) is 30.3. The molecule has 0 aliphatic rings. The summed E-state index contributed by atoms with van der Waals surface area (Å²) in [5.41, 5.74) is 15.4. The van der Waals surface area contributed by atoms with Crippen LogP contribution in [0, 0.1) is 0 Å². The summed E-state index contributed by atoms with van der Waals surface area (Å²) in [5, 5.41) is 7.19. The van der Waals surface area contributed by atoms with Gasteiger partial charge in [0.25, 0.3) is 0 Å². The highest BCUT2D eigenvalue weighted by atomic mass is 16.3. The molecule has 0 unspecified atom stereocenters. The molecule has 61 heavy (non-hydrogen) atoms. The molecule has 2 aromatic heterocycles. The molecule has 12 rings (SSSR count). The van der Waals surface area contributed by atoms with E-state index >= 15 is 0 Å². The standard InChI is InChI=1S/C58H38N2O/c1-2-19-45-40(15-1)16-14-24-46(45)41-33-31-39(32-34-41)42-17-13-18-44(37-42)59(52-25-7-3-20-47(52)43-35-36-58-51(38-43)50-23-6-12-30-57(50)61-58)55-28-10-11-29-56(55)60-53-26-8-4-21-48(53)49-22-5-9-27-54(49)60/h1-38H. The van der Waals surface area contributed by atoms with E-state index in [2.05, 4.69) is 228 Å². The Balaban J connectivity index is 1.06. The summed E-state index contributed by atoms with van der Waals surface area (Å²) in [5.74, 6) is 0. The maximum absolute atomic E-state index is 6.28. The van der Waals surface area contributed by atoms with Gasteiger partial charge >= 0.3 is 0 Å². The molecule has 2 heterocycles. The van der Waals surface area contributed by atoms with Gasteiger partial charge in [-0.15, -0.1) is 0 Å². The number of hydrogen-bond donors (Lipinski definition) is 0. The van der Waals surface area contributed by atoms with Crippen LogP contribution in [0.5, 0.6) is 0 Å². The van der Waals surface area contributed by atoms with E-state index in [1.54, 1.807) is 0 Å². The van der Waals surface area contributed by atoms with Crippen molar-refractivity contribution >= 4 is 71.6 Å². The van der Waals surface area contributed by atoms with Crippen molar-refractivity contribution in [2.24, 2.45) is 0 Å². The van der Waals surface area contributed by atoms with Gasteiger partial charge in [0, 0.05) is 32.8 Å². The molecule has 3 heteroatoms. The van der Waals surface area contributed by atoms with Crippen LogP contribution >= 0.6 is 0 Å². The van der Waals surface area contributed by atoms with Crippen LogP contribution in [0.4, 0.5) is 17.1 Å². The van der Waals surface area contributed by atoms with Crippen LogP contribution in [0.15, 0.2) is 235 Å². The Bertz CT molecular complexity index is 3550. The van der Waals surface area contributed by atoms with Gasteiger partial charge in [0.1, 0.15) is 11.2 Å². The molecule has 0 atom stereocenters. The lowest BCUT2D eigenvalue weighted by atomic mass is 9.96. The molecule has 286 valence electrons. The van der Waals surface area contributed by atoms with Crippen molar-refractivity contribution in [3.8, 4) is 39.1 Å². The summed E-state index contributed by atoms with van der Waals surface area (Å²) < 4.78 is 8.71. The minimum atomic E-state index is 0.884. The summed E-state index contributed by atoms with van der Waals surface area (Å²) in [6.07, 6.45) is 0. The molecule has 10 aromatic carbocycles. The largest absolute Gasteiger partial charge is 0.456 e. The minimum absolute atomic E-state index is 0.884. The van der Waals surface area contributed by atoms with Gasteiger partial charge in [0.15, 0.2) is 0 Å². The topological polar surface area (TPSA) is 21.3 Å². The van der Waals surface area contributed by atoms with Crippen molar-refractivity contribution in [2.45, 2.75) is 0 Å². The minimum Gasteiger partial charge on any atom is -0.456 e. The van der Waals surface area contributed by atoms with Crippen LogP contribution in [0.1, 0.15) is 0 Å². The highest BCUT2D eigenvalue weighted by molar-refractivity contribution is 6.10. The highest BCUT2D eigenvalue weighted by Gasteiger charge is 2.23. The van der Waals surface area contributed by atoms with E-state index in [-0.39, 0.29) is 0 Å². The molecule has 0 bridgehead atoms. The lowest BCUT2D eigenvalue weighted by molar-refractivity contribution is 0.669. The number of hydrogen-bond acceptors (Lipinski definition) is 2. The number of benzene rings is 10. The van der Waals surface area contributed by atoms with E-state index < -0.39 is 0 Å². The summed E-state index contributed by atoms with van der Waals surface area (Å²) >= 11 is 0. The van der Waals surface area contributed by atoms with Crippen molar-refractivity contribution in [2.75, 3.05) is 4.90 Å². The molecule has 0 spiro atoms. The first-order valence-corrected chi connectivity index (χ1v) is 20.8. The SMILES string of the molecule is c1cc(-c2ccc(-c3cccc4ccccc34)cc2)cc(N(c2ccccc2-c2ccc3oc4ccccc4c3c2)c2ccccc2-n2c3ccccc3c3ccccc32)c1. The summed E-state index contributed by atoms with van der Waals surface area (Å²) in [6.45, 7) is 0. The van der Waals surface area contributed by atoms with Crippen molar-refractivity contribution in [1.82, 2.24) is 4.57 Å². The number of aromatic nitrogens is 1. The van der Waals surface area contributed by atoms with E-state index in [0.29, 0.717) is 0 Å². The third-order valence-electron chi connectivity index (χ3n) is 12.2. The second-order valence-corrected chi connectivity index (χ2v) is 15.7. The van der Waals surface area contributed by atoms with E-state index in [0.717, 1.165) is 66.9 Å². The fraction of sp³-hybridized carbons (Fsp3) is 0. The number of furan rings is 1. The predicted octanol–water partition coefficient (Wildman–Crippen LogP) is 16.3. The van der Waals surface area contributed by atoms with Gasteiger partial charge < -0.3 is 13.9 Å². The number of nitrogens with zero attached hydrogens (tertiary/aromatic N) is 2. The van der Waals surface area contributed by atoms with Gasteiger partial charge in [0.2, 0.25) is 0 Å². The Labute approximate surface area is 353 Å². The Morgan fingerprint density at radius 3 is 1.72 bits per heavy atom. The average molecular weight is 779 g/mol. The molecular formula is C58H38N2O. The zero-order valence-electron chi connectivity index (χ0n) is 33.2. The van der Waals surface area contributed by atoms with Gasteiger partial charge in [-0.05, 0) is 99.3 Å². The van der Waals surface area contributed by atoms with Gasteiger partial charge in [-0.2, -0.15) is 0 Å². The molecule has 0 saturated heterocycles. The molecule has 0 fully saturated rings. The Morgan fingerprint density at radius 2 is 0.902 bits per heavy atom. The summed E-state index contributed by atoms with van der Waals surface area (Å²) in [7, 11) is 0. The second kappa shape index (κ2) is 14.3. The molecule has 0 aliphatic heterocycles. The van der Waals surface area contributed by atoms with E-state index in [9.17, 15) is 0 Å². The lowest BCUT2D eigenvalue weighted by Crippen LogP contribution is -2.14. The monoisotopic (exact) mass is 778 g/mol. The number of rotatable bonds is 7. The molecule has 0 saturated carbocycles. The van der Waals surface area contributed by atoms with Crippen molar-refractivity contribution < 1.29 is 4.42 Å². The molecule has 12 aromatic rings. The van der Waals surface area contributed by atoms with Gasteiger partial charge in [-0.25, -0.2) is 0 Å². The predicted molar refractivity (Wildman–Crippen MR) is 257 cm³/mol. The first kappa shape index (κ1) is 34.9. The van der Waals surface area contributed by atoms with E-state index in [4.69, 9.17) is 4.42 Å². The summed E-state index contributed by atoms with van der Waals surface area (Å²) in [4.78, 5) is 2.44. The van der Waals surface area contributed by atoms with E-state index in [1.165, 1.54) is 43.7 Å². The van der Waals surface area contributed by atoms with E-state index in [1.807, 2.05) is 12.1 Å². The third-order valence-corrected chi connectivity index (χ3v) is 12.2. The third kappa shape index (κ3) is 5.82. The Morgan fingerprint density at radius 1 is 0.328 bits per heavy atom. The molecule has 0 amide bonds. The van der Waals surface area contributed by atoms with Crippen LogP contribution in [-0.4, -0.2) is 4.57 Å². The highest BCUT2D eigenvalue weighted by Crippen LogP contribution is 2.46. The quantitative estimate of drug-likeness (QED) is 0.161. The van der Waals surface area contributed by atoms with Crippen LogP contribution in [-0.2, 0) is 0 Å². The first-order valence-electron chi connectivity index (χ1n) is 20.8. The van der Waals surface area contributed by atoms with Crippen molar-refractivity contribution in [3.05, 3.63) is 231 Å². The van der Waals surface area contributed by atoms with Gasteiger partial charge in [-0.1, -0.05) is 170 Å². The Hall–Kier alpha value is -8.14. The van der Waals surface area contributed by atoms with Crippen LogP contribution in [0.2, 0.25) is 0 Å². The molecule has 0 N–H and O–H groups in total. The van der Waals surface area contributed by atoms with Crippen LogP contribution in [0.25, 0.3) is 93.6 Å². The zero-order chi connectivity index (χ0) is 40.3. The smallest absolute Gasteiger partial charge is 0.135 e. The fourth-order valence-electron chi connectivity index (χ4n) is 9.38. The molecular weight excluding hydrogens is 741 g/mol.